The van der Waals surface area contributed by atoms with Gasteiger partial charge in [0.05, 0.1) is 28.8 Å². The molecule has 4 rings (SSSR count). The van der Waals surface area contributed by atoms with Crippen molar-refractivity contribution in [1.29, 1.82) is 0 Å². The quantitative estimate of drug-likeness (QED) is 0.369. The summed E-state index contributed by atoms with van der Waals surface area (Å²) in [7, 11) is 3.16. The Morgan fingerprint density at radius 1 is 1.28 bits per heavy atom. The number of H-pyrrole nitrogens is 1. The van der Waals surface area contributed by atoms with Crippen molar-refractivity contribution in [2.45, 2.75) is 18.2 Å². The monoisotopic (exact) mass is 464 g/mol. The minimum Gasteiger partial charge on any atom is -0.480 e. The van der Waals surface area contributed by atoms with Crippen LogP contribution in [0.15, 0.2) is 35.6 Å². The van der Waals surface area contributed by atoms with Gasteiger partial charge in [0, 0.05) is 31.0 Å². The SMILES string of the molecule is COc1nc(NSc2c[nH]c3c(-c4nccn4C)c(F)ccc23)nc(C)c1OCC(F)F. The third-order valence-electron chi connectivity index (χ3n) is 4.62. The van der Waals surface area contributed by atoms with Crippen molar-refractivity contribution in [1.82, 2.24) is 24.5 Å². The Morgan fingerprint density at radius 2 is 2.09 bits per heavy atom. The Labute approximate surface area is 185 Å². The number of fused-ring (bicyclic) bond motifs is 1. The van der Waals surface area contributed by atoms with Crippen molar-refractivity contribution < 1.29 is 22.6 Å². The van der Waals surface area contributed by atoms with E-state index in [-0.39, 0.29) is 23.4 Å². The summed E-state index contributed by atoms with van der Waals surface area (Å²) in [5.41, 5.74) is 1.32. The van der Waals surface area contributed by atoms with Crippen molar-refractivity contribution in [3.63, 3.8) is 0 Å². The van der Waals surface area contributed by atoms with Gasteiger partial charge in [-0.25, -0.2) is 23.1 Å². The molecule has 0 aliphatic carbocycles. The van der Waals surface area contributed by atoms with Crippen molar-refractivity contribution in [2.24, 2.45) is 7.05 Å². The van der Waals surface area contributed by atoms with E-state index in [1.807, 2.05) is 0 Å². The minimum atomic E-state index is -2.63. The zero-order valence-electron chi connectivity index (χ0n) is 17.3. The highest BCUT2D eigenvalue weighted by atomic mass is 32.2. The van der Waals surface area contributed by atoms with E-state index in [0.29, 0.717) is 22.6 Å². The molecule has 0 aliphatic rings. The molecule has 3 heterocycles. The molecule has 168 valence electrons. The van der Waals surface area contributed by atoms with Gasteiger partial charge >= 0.3 is 0 Å². The van der Waals surface area contributed by atoms with Crippen LogP contribution in [0.5, 0.6) is 11.6 Å². The lowest BCUT2D eigenvalue weighted by Crippen LogP contribution is -2.11. The van der Waals surface area contributed by atoms with Gasteiger partial charge in [-0.05, 0) is 31.0 Å². The first-order valence-electron chi connectivity index (χ1n) is 9.42. The number of aryl methyl sites for hydroxylation is 2. The highest BCUT2D eigenvalue weighted by Gasteiger charge is 2.19. The maximum Gasteiger partial charge on any atom is 0.272 e. The molecule has 0 amide bonds. The first-order chi connectivity index (χ1) is 15.4. The van der Waals surface area contributed by atoms with Gasteiger partial charge in [-0.2, -0.15) is 4.98 Å². The van der Waals surface area contributed by atoms with Gasteiger partial charge in [0.1, 0.15) is 18.2 Å². The maximum atomic E-state index is 14.6. The second-order valence-corrected chi connectivity index (χ2v) is 7.58. The number of anilines is 1. The normalized spacial score (nSPS) is 11.3. The maximum absolute atomic E-state index is 14.6. The van der Waals surface area contributed by atoms with Crippen LogP contribution in [-0.4, -0.2) is 44.6 Å². The summed E-state index contributed by atoms with van der Waals surface area (Å²) in [5.74, 6) is 0.420. The number of aromatic nitrogens is 5. The zero-order chi connectivity index (χ0) is 22.8. The molecule has 8 nitrogen and oxygen atoms in total. The summed E-state index contributed by atoms with van der Waals surface area (Å²) in [4.78, 5) is 16.6. The number of rotatable bonds is 8. The number of nitrogens with one attached hydrogen (secondary N) is 2. The number of ether oxygens (including phenoxy) is 2. The van der Waals surface area contributed by atoms with E-state index in [1.165, 1.54) is 25.1 Å². The van der Waals surface area contributed by atoms with E-state index >= 15 is 0 Å². The van der Waals surface area contributed by atoms with Gasteiger partial charge in [-0.1, -0.05) is 0 Å². The zero-order valence-corrected chi connectivity index (χ0v) is 18.1. The molecule has 2 N–H and O–H groups in total. The summed E-state index contributed by atoms with van der Waals surface area (Å²) >= 11 is 1.21. The Kier molecular flexibility index (Phi) is 6.12. The van der Waals surface area contributed by atoms with Crippen LogP contribution in [0.25, 0.3) is 22.3 Å². The molecule has 3 aromatic heterocycles. The molecule has 0 aliphatic heterocycles. The molecular weight excluding hydrogens is 445 g/mol. The lowest BCUT2D eigenvalue weighted by molar-refractivity contribution is 0.0795. The molecule has 4 aromatic rings. The van der Waals surface area contributed by atoms with Crippen LogP contribution in [-0.2, 0) is 7.05 Å². The van der Waals surface area contributed by atoms with Gasteiger partial charge in [-0.3, -0.25) is 4.72 Å². The Hall–Kier alpha value is -3.41. The number of nitrogens with zero attached hydrogens (tertiary/aromatic N) is 4. The van der Waals surface area contributed by atoms with Crippen LogP contribution in [0, 0.1) is 12.7 Å². The number of alkyl halides is 2. The highest BCUT2D eigenvalue weighted by Crippen LogP contribution is 2.36. The number of aromatic amines is 1. The Balaban J connectivity index is 1.60. The number of methoxy groups -OCH3 is 1. The van der Waals surface area contributed by atoms with Gasteiger partial charge in [0.15, 0.2) is 0 Å². The van der Waals surface area contributed by atoms with Crippen molar-refractivity contribution >= 4 is 28.8 Å². The molecule has 1 aromatic carbocycles. The first kappa shape index (κ1) is 21.8. The molecule has 0 saturated heterocycles. The molecule has 0 unspecified atom stereocenters. The van der Waals surface area contributed by atoms with Crippen molar-refractivity contribution in [2.75, 3.05) is 18.4 Å². The molecule has 12 heteroatoms. The third kappa shape index (κ3) is 4.17. The van der Waals surface area contributed by atoms with Crippen LogP contribution in [0.2, 0.25) is 0 Å². The fourth-order valence-corrected chi connectivity index (χ4v) is 3.88. The van der Waals surface area contributed by atoms with Crippen LogP contribution in [0.4, 0.5) is 19.1 Å². The van der Waals surface area contributed by atoms with Gasteiger partial charge < -0.3 is 19.0 Å². The predicted octanol–water partition coefficient (Wildman–Crippen LogP) is 4.58. The van der Waals surface area contributed by atoms with E-state index in [1.54, 1.807) is 43.2 Å². The molecule has 0 saturated carbocycles. The van der Waals surface area contributed by atoms with Gasteiger partial charge in [0.2, 0.25) is 11.7 Å². The van der Waals surface area contributed by atoms with Gasteiger partial charge in [0.25, 0.3) is 12.3 Å². The highest BCUT2D eigenvalue weighted by molar-refractivity contribution is 8.00. The molecule has 0 bridgehead atoms. The Bertz CT molecular complexity index is 1260. The van der Waals surface area contributed by atoms with Crippen molar-refractivity contribution in [3.05, 3.63) is 42.2 Å². The number of benzene rings is 1. The number of imidazole rings is 1. The third-order valence-corrected chi connectivity index (χ3v) is 5.46. The lowest BCUT2D eigenvalue weighted by Gasteiger charge is -2.13. The number of halogens is 3. The number of hydrogen-bond donors (Lipinski definition) is 2. The van der Waals surface area contributed by atoms with Gasteiger partial charge in [-0.15, -0.1) is 0 Å². The van der Waals surface area contributed by atoms with E-state index < -0.39 is 13.0 Å². The number of hydrogen-bond acceptors (Lipinski definition) is 7. The Morgan fingerprint density at radius 3 is 2.78 bits per heavy atom. The molecule has 0 fully saturated rings. The summed E-state index contributed by atoms with van der Waals surface area (Å²) in [5, 5.41) is 0.780. The first-order valence-corrected chi connectivity index (χ1v) is 10.2. The standard InChI is InChI=1S/C20H19F3N6O2S/c1-10-17(31-9-14(22)23)19(30-3)27-20(26-10)28-32-13-8-25-16-11(13)4-5-12(21)15(16)18-24-6-7-29(18)2/h4-8,14,25H,9H2,1-3H3,(H,26,27,28). The fourth-order valence-electron chi connectivity index (χ4n) is 3.19. The largest absolute Gasteiger partial charge is 0.480 e. The van der Waals surface area contributed by atoms with Crippen molar-refractivity contribution in [3.8, 4) is 23.0 Å². The molecule has 0 radical (unpaired) electrons. The second-order valence-electron chi connectivity index (χ2n) is 6.74. The van der Waals surface area contributed by atoms with E-state index in [9.17, 15) is 13.2 Å². The smallest absolute Gasteiger partial charge is 0.272 e. The topological polar surface area (TPSA) is 89.9 Å². The molecule has 0 spiro atoms. The average molecular weight is 464 g/mol. The fraction of sp³-hybridized carbons (Fsp3) is 0.250. The second kappa shape index (κ2) is 8.99. The summed E-state index contributed by atoms with van der Waals surface area (Å²) < 4.78 is 54.6. The van der Waals surface area contributed by atoms with Crippen LogP contribution in [0.1, 0.15) is 5.69 Å². The lowest BCUT2D eigenvalue weighted by atomic mass is 10.1. The summed E-state index contributed by atoms with van der Waals surface area (Å²) in [6, 6.07) is 3.06. The van der Waals surface area contributed by atoms with Crippen LogP contribution in [0.3, 0.4) is 0 Å². The van der Waals surface area contributed by atoms with E-state index in [0.717, 1.165) is 10.3 Å². The minimum absolute atomic E-state index is 0.0410. The van der Waals surface area contributed by atoms with E-state index in [4.69, 9.17) is 9.47 Å². The van der Waals surface area contributed by atoms with Crippen LogP contribution < -0.4 is 14.2 Å². The predicted molar refractivity (Wildman–Crippen MR) is 115 cm³/mol. The van der Waals surface area contributed by atoms with E-state index in [2.05, 4.69) is 24.7 Å². The molecular formula is C20H19F3N6O2S. The summed E-state index contributed by atoms with van der Waals surface area (Å²) in [6.07, 6.45) is 2.46. The molecule has 32 heavy (non-hydrogen) atoms. The average Bonchev–Trinajstić information content (AvgIpc) is 3.36. The summed E-state index contributed by atoms with van der Waals surface area (Å²) in [6.45, 7) is 0.820. The molecule has 0 atom stereocenters. The van der Waals surface area contributed by atoms with Crippen LogP contribution >= 0.6 is 11.9 Å².